The van der Waals surface area contributed by atoms with Gasteiger partial charge in [0.1, 0.15) is 11.3 Å². The maximum atomic E-state index is 14.6. The molecule has 6 heterocycles. The van der Waals surface area contributed by atoms with E-state index in [0.717, 1.165) is 117 Å². The molecule has 6 aromatic rings. The van der Waals surface area contributed by atoms with Crippen LogP contribution in [0.1, 0.15) is 96.8 Å². The molecule has 3 saturated carbocycles. The van der Waals surface area contributed by atoms with Gasteiger partial charge in [0, 0.05) is 83.2 Å². The van der Waals surface area contributed by atoms with Crippen LogP contribution < -0.4 is 21.3 Å². The first-order valence-electron chi connectivity index (χ1n) is 21.4. The number of nitrogens with one attached hydrogen (secondary N) is 6. The van der Waals surface area contributed by atoms with Crippen LogP contribution in [0.15, 0.2) is 61.4 Å². The number of nitrogens with zero attached hydrogens (tertiary/aromatic N) is 6. The molecule has 0 saturated heterocycles. The van der Waals surface area contributed by atoms with Crippen molar-refractivity contribution < 1.29 is 18.4 Å². The topological polar surface area (TPSA) is 191 Å². The summed E-state index contributed by atoms with van der Waals surface area (Å²) in [4.78, 5) is 56.8. The lowest BCUT2D eigenvalue weighted by Crippen LogP contribution is -2.50. The monoisotopic (exact) mass is 818 g/mol. The molecule has 3 aliphatic rings. The van der Waals surface area contributed by atoms with E-state index in [-0.39, 0.29) is 53.5 Å². The zero-order chi connectivity index (χ0) is 41.4. The zero-order valence-corrected chi connectivity index (χ0v) is 33.8. The molecule has 16 heteroatoms. The van der Waals surface area contributed by atoms with Gasteiger partial charge in [0.2, 0.25) is 11.8 Å². The number of hydrogen-bond donors (Lipinski definition) is 6. The van der Waals surface area contributed by atoms with Crippen molar-refractivity contribution in [3.05, 3.63) is 73.1 Å². The van der Waals surface area contributed by atoms with Crippen LogP contribution in [-0.2, 0) is 9.59 Å². The summed E-state index contributed by atoms with van der Waals surface area (Å²) in [5.41, 5.74) is 3.02. The summed E-state index contributed by atoms with van der Waals surface area (Å²) in [6.07, 6.45) is 22.6. The summed E-state index contributed by atoms with van der Waals surface area (Å²) in [7, 11) is 0. The van der Waals surface area contributed by atoms with E-state index >= 15 is 0 Å². The second kappa shape index (κ2) is 18.9. The molecule has 3 aliphatic carbocycles. The molecule has 0 aliphatic heterocycles. The summed E-state index contributed by atoms with van der Waals surface area (Å²) in [5.74, 6) is 0.517. The maximum Gasteiger partial charge on any atom is 0.223 e. The molecule has 3 fully saturated rings. The van der Waals surface area contributed by atoms with Gasteiger partial charge in [-0.05, 0) is 69.2 Å². The quantitative estimate of drug-likeness (QED) is 0.0747. The number of pyridine rings is 2. The fraction of sp³-hybridized carbons (Fsp3) is 0.455. The first-order chi connectivity index (χ1) is 29.3. The average molecular weight is 819 g/mol. The number of rotatable bonds is 11. The molecule has 14 nitrogen and oxygen atoms in total. The maximum absolute atomic E-state index is 14.6. The van der Waals surface area contributed by atoms with Gasteiger partial charge in [-0.15, -0.1) is 0 Å². The molecule has 4 atom stereocenters. The number of halogens is 2. The molecular weight excluding hydrogens is 767 g/mol. The Labute approximate surface area is 347 Å². The SMILES string of the molecule is CCCC(=O)NC1CCCCC1Nc1nc(-c2c[nH]c3ncccc23)ncc1F.O=C(NC1CCCCC1Nc1nc(-c2c[nH]c3ncccc23)ncc1F)C1CCCC1. The second-order valence-electron chi connectivity index (χ2n) is 16.1. The van der Waals surface area contributed by atoms with E-state index < -0.39 is 11.6 Å². The lowest BCUT2D eigenvalue weighted by atomic mass is 9.89. The Balaban J connectivity index is 0.000000167. The predicted octanol–water partition coefficient (Wildman–Crippen LogP) is 7.99. The van der Waals surface area contributed by atoms with Gasteiger partial charge in [0.25, 0.3) is 0 Å². The predicted molar refractivity (Wildman–Crippen MR) is 227 cm³/mol. The van der Waals surface area contributed by atoms with Gasteiger partial charge in [0.05, 0.1) is 12.4 Å². The van der Waals surface area contributed by atoms with Crippen LogP contribution in [0.5, 0.6) is 0 Å². The van der Waals surface area contributed by atoms with Gasteiger partial charge >= 0.3 is 0 Å². The fourth-order valence-electron chi connectivity index (χ4n) is 8.78. The molecule has 0 radical (unpaired) electrons. The van der Waals surface area contributed by atoms with E-state index in [2.05, 4.69) is 61.1 Å². The molecule has 0 aromatic carbocycles. The molecular formula is C44H52F2N12O2. The Bertz CT molecular complexity index is 2410. The smallest absolute Gasteiger partial charge is 0.223 e. The Morgan fingerprint density at radius 3 is 1.62 bits per heavy atom. The van der Waals surface area contributed by atoms with Crippen molar-refractivity contribution >= 4 is 45.5 Å². The van der Waals surface area contributed by atoms with E-state index in [1.54, 1.807) is 24.8 Å². The summed E-state index contributed by atoms with van der Waals surface area (Å²) < 4.78 is 29.1. The molecule has 6 N–H and O–H groups in total. The molecule has 314 valence electrons. The van der Waals surface area contributed by atoms with Crippen molar-refractivity contribution in [3.8, 4) is 22.8 Å². The van der Waals surface area contributed by atoms with Crippen molar-refractivity contribution in [2.75, 3.05) is 10.6 Å². The van der Waals surface area contributed by atoms with Crippen LogP contribution in [0.2, 0.25) is 0 Å². The molecule has 2 amide bonds. The highest BCUT2D eigenvalue weighted by Crippen LogP contribution is 2.31. The first kappa shape index (κ1) is 40.7. The Kier molecular flexibility index (Phi) is 12.8. The molecule has 6 aromatic heterocycles. The summed E-state index contributed by atoms with van der Waals surface area (Å²) >= 11 is 0. The van der Waals surface area contributed by atoms with E-state index in [4.69, 9.17) is 0 Å². The third-order valence-corrected chi connectivity index (χ3v) is 11.9. The fourth-order valence-corrected chi connectivity index (χ4v) is 8.78. The third-order valence-electron chi connectivity index (χ3n) is 11.9. The summed E-state index contributed by atoms with van der Waals surface area (Å²) in [6, 6.07) is 7.39. The highest BCUT2D eigenvalue weighted by molar-refractivity contribution is 5.92. The number of hydrogen-bond acceptors (Lipinski definition) is 10. The van der Waals surface area contributed by atoms with Crippen molar-refractivity contribution in [1.29, 1.82) is 0 Å². The van der Waals surface area contributed by atoms with Crippen LogP contribution in [0.3, 0.4) is 0 Å². The number of carbonyl (C=O) groups is 2. The minimum atomic E-state index is -0.504. The standard InChI is InChI=1S/C23H27FN6O.C21H25FN6O/c24-17-13-27-21(16-12-26-20-15(16)8-5-11-25-20)30-22(17)28-18-9-3-4-10-19(18)29-23(31)14-6-1-2-7-14;1-2-6-18(29)26-16-8-3-4-9-17(16)27-21-15(22)12-25-20(28-21)14-11-24-19-13(14)7-5-10-23-19/h5,8,11-14,18-19H,1-4,6-7,9-10H2,(H,25,26)(H,29,31)(H,27,28,30);5,7,10-12,16-17H,2-4,6,8-9H2,1H3,(H,23,24)(H,26,29)(H,25,27,28). The molecule has 4 unspecified atom stereocenters. The van der Waals surface area contributed by atoms with Gasteiger partial charge in [0.15, 0.2) is 34.9 Å². The van der Waals surface area contributed by atoms with Crippen molar-refractivity contribution in [2.24, 2.45) is 5.92 Å². The van der Waals surface area contributed by atoms with Gasteiger partial charge in [-0.25, -0.2) is 38.7 Å². The van der Waals surface area contributed by atoms with Crippen LogP contribution >= 0.6 is 0 Å². The highest BCUT2D eigenvalue weighted by atomic mass is 19.1. The van der Waals surface area contributed by atoms with Crippen molar-refractivity contribution in [3.63, 3.8) is 0 Å². The summed E-state index contributed by atoms with van der Waals surface area (Å²) in [5, 5.41) is 14.6. The van der Waals surface area contributed by atoms with E-state index in [1.165, 1.54) is 12.4 Å². The van der Waals surface area contributed by atoms with Gasteiger partial charge in [-0.2, -0.15) is 0 Å². The van der Waals surface area contributed by atoms with Crippen molar-refractivity contribution in [2.45, 2.75) is 121 Å². The number of carbonyl (C=O) groups excluding carboxylic acids is 2. The van der Waals surface area contributed by atoms with Crippen LogP contribution in [-0.4, -0.2) is 75.9 Å². The molecule has 0 bridgehead atoms. The molecule has 0 spiro atoms. The van der Waals surface area contributed by atoms with E-state index in [0.29, 0.717) is 18.1 Å². The molecule has 60 heavy (non-hydrogen) atoms. The zero-order valence-electron chi connectivity index (χ0n) is 33.8. The second-order valence-corrected chi connectivity index (χ2v) is 16.1. The number of aromatic amines is 2. The molecule has 9 rings (SSSR count). The number of aromatic nitrogens is 8. The van der Waals surface area contributed by atoms with Gasteiger partial charge < -0.3 is 31.2 Å². The van der Waals surface area contributed by atoms with Gasteiger partial charge in [-0.1, -0.05) is 45.4 Å². The minimum absolute atomic E-state index is 0.0167. The minimum Gasteiger partial charge on any atom is -0.363 e. The third kappa shape index (κ3) is 9.37. The van der Waals surface area contributed by atoms with Crippen molar-refractivity contribution in [1.82, 2.24) is 50.5 Å². The first-order valence-corrected chi connectivity index (χ1v) is 21.4. The van der Waals surface area contributed by atoms with Crippen LogP contribution in [0, 0.1) is 17.6 Å². The van der Waals surface area contributed by atoms with E-state index in [9.17, 15) is 18.4 Å². The summed E-state index contributed by atoms with van der Waals surface area (Å²) in [6.45, 7) is 1.98. The van der Waals surface area contributed by atoms with Gasteiger partial charge in [-0.3, -0.25) is 9.59 Å². The lowest BCUT2D eigenvalue weighted by molar-refractivity contribution is -0.126. The number of anilines is 2. The largest absolute Gasteiger partial charge is 0.363 e. The number of fused-ring (bicyclic) bond motifs is 2. The average Bonchev–Trinajstić information content (AvgIpc) is 4.06. The van der Waals surface area contributed by atoms with E-state index in [1.807, 2.05) is 31.2 Å². The Morgan fingerprint density at radius 1 is 0.650 bits per heavy atom. The Hall–Kier alpha value is -6.06. The normalized spacial score (nSPS) is 20.6. The number of amides is 2. The highest BCUT2D eigenvalue weighted by Gasteiger charge is 2.32. The number of H-pyrrole nitrogens is 2. The van der Waals surface area contributed by atoms with Crippen LogP contribution in [0.25, 0.3) is 44.8 Å². The van der Waals surface area contributed by atoms with Crippen LogP contribution in [0.4, 0.5) is 20.4 Å². The Morgan fingerprint density at radius 2 is 1.12 bits per heavy atom. The lowest BCUT2D eigenvalue weighted by Gasteiger charge is -2.34.